The summed E-state index contributed by atoms with van der Waals surface area (Å²) in [5.41, 5.74) is 3.20. The Labute approximate surface area is 158 Å². The van der Waals surface area contributed by atoms with Crippen LogP contribution in [-0.2, 0) is 17.8 Å². The summed E-state index contributed by atoms with van der Waals surface area (Å²) in [5.74, 6) is 0.701. The van der Waals surface area contributed by atoms with E-state index in [9.17, 15) is 4.79 Å². The molecule has 138 valence electrons. The van der Waals surface area contributed by atoms with Crippen LogP contribution in [0.1, 0.15) is 5.56 Å². The van der Waals surface area contributed by atoms with E-state index in [0.717, 1.165) is 30.1 Å². The first kappa shape index (κ1) is 17.1. The van der Waals surface area contributed by atoms with Gasteiger partial charge in [-0.1, -0.05) is 24.3 Å². The molecule has 0 atom stereocenters. The lowest BCUT2D eigenvalue weighted by Crippen LogP contribution is -2.31. The van der Waals surface area contributed by atoms with Gasteiger partial charge >= 0.3 is 0 Å². The third-order valence-corrected chi connectivity index (χ3v) is 4.58. The fraction of sp³-hybridized carbons (Fsp3) is 0.238. The molecule has 0 fully saturated rings. The highest BCUT2D eigenvalue weighted by atomic mass is 16.5. The third kappa shape index (κ3) is 4.28. The first-order chi connectivity index (χ1) is 13.3. The van der Waals surface area contributed by atoms with E-state index in [-0.39, 0.29) is 5.91 Å². The minimum absolute atomic E-state index is 0.0274. The molecular weight excluding hydrogens is 340 g/mol. The average Bonchev–Trinajstić information content (AvgIpc) is 3.33. The van der Waals surface area contributed by atoms with E-state index >= 15 is 0 Å². The maximum absolute atomic E-state index is 12.5. The highest BCUT2D eigenvalue weighted by Crippen LogP contribution is 2.27. The maximum atomic E-state index is 12.5. The Balaban J connectivity index is 1.31. The molecule has 1 amide bonds. The molecule has 3 aromatic rings. The van der Waals surface area contributed by atoms with Crippen LogP contribution in [0.3, 0.4) is 0 Å². The first-order valence-electron chi connectivity index (χ1n) is 9.11. The zero-order valence-electron chi connectivity index (χ0n) is 15.0. The van der Waals surface area contributed by atoms with Crippen LogP contribution < -0.4 is 15.0 Å². The number of carbonyl (C=O) groups excluding carboxylic acids is 1. The van der Waals surface area contributed by atoms with Crippen LogP contribution in [0.4, 0.5) is 11.4 Å². The predicted octanol–water partition coefficient (Wildman–Crippen LogP) is 2.96. The van der Waals surface area contributed by atoms with Crippen LogP contribution in [-0.4, -0.2) is 35.4 Å². The maximum Gasteiger partial charge on any atom is 0.243 e. The van der Waals surface area contributed by atoms with Gasteiger partial charge in [-0.15, -0.1) is 0 Å². The van der Waals surface area contributed by atoms with Gasteiger partial charge in [-0.3, -0.25) is 9.48 Å². The van der Waals surface area contributed by atoms with Crippen molar-refractivity contribution < 1.29 is 9.53 Å². The molecule has 0 bridgehead atoms. The smallest absolute Gasteiger partial charge is 0.243 e. The summed E-state index contributed by atoms with van der Waals surface area (Å²) in [6.07, 6.45) is 4.63. The van der Waals surface area contributed by atoms with E-state index < -0.39 is 0 Å². The second-order valence-corrected chi connectivity index (χ2v) is 6.49. The Morgan fingerprint density at radius 1 is 1.15 bits per heavy atom. The van der Waals surface area contributed by atoms with Crippen LogP contribution in [0, 0.1) is 0 Å². The van der Waals surface area contributed by atoms with Crippen molar-refractivity contribution in [2.24, 2.45) is 0 Å². The Kier molecular flexibility index (Phi) is 5.05. The van der Waals surface area contributed by atoms with Gasteiger partial charge in [0.25, 0.3) is 0 Å². The van der Waals surface area contributed by atoms with Crippen molar-refractivity contribution in [1.29, 1.82) is 0 Å². The first-order valence-corrected chi connectivity index (χ1v) is 9.11. The predicted molar refractivity (Wildman–Crippen MR) is 105 cm³/mol. The molecule has 27 heavy (non-hydrogen) atoms. The van der Waals surface area contributed by atoms with Gasteiger partial charge in [0, 0.05) is 36.4 Å². The van der Waals surface area contributed by atoms with Gasteiger partial charge in [-0.2, -0.15) is 5.10 Å². The molecule has 4 rings (SSSR count). The molecular formula is C21H22N4O2. The summed E-state index contributed by atoms with van der Waals surface area (Å²) in [7, 11) is 0. The van der Waals surface area contributed by atoms with E-state index in [2.05, 4.69) is 27.4 Å². The van der Waals surface area contributed by atoms with E-state index in [1.165, 1.54) is 5.56 Å². The number of nitrogens with zero attached hydrogens (tertiary/aromatic N) is 3. The van der Waals surface area contributed by atoms with Crippen molar-refractivity contribution >= 4 is 17.3 Å². The molecule has 6 heteroatoms. The van der Waals surface area contributed by atoms with Gasteiger partial charge in [0.15, 0.2) is 0 Å². The number of hydrogen-bond donors (Lipinski definition) is 1. The van der Waals surface area contributed by atoms with Gasteiger partial charge in [-0.25, -0.2) is 0 Å². The summed E-state index contributed by atoms with van der Waals surface area (Å²) in [6, 6.07) is 17.6. The highest BCUT2D eigenvalue weighted by molar-refractivity contribution is 5.94. The fourth-order valence-corrected chi connectivity index (χ4v) is 3.30. The number of aromatic nitrogens is 2. The number of para-hydroxylation sites is 1. The molecule has 1 aliphatic rings. The number of fused-ring (bicyclic) bond motifs is 1. The second-order valence-electron chi connectivity index (χ2n) is 6.49. The summed E-state index contributed by atoms with van der Waals surface area (Å²) in [4.78, 5) is 14.6. The van der Waals surface area contributed by atoms with Crippen LogP contribution in [0.2, 0.25) is 0 Å². The van der Waals surface area contributed by atoms with Crippen molar-refractivity contribution in [2.75, 3.05) is 29.9 Å². The lowest BCUT2D eigenvalue weighted by molar-refractivity contribution is -0.115. The zero-order valence-corrected chi connectivity index (χ0v) is 15.0. The molecule has 0 aliphatic carbocycles. The van der Waals surface area contributed by atoms with Gasteiger partial charge in [0.1, 0.15) is 12.4 Å². The Morgan fingerprint density at radius 2 is 2.07 bits per heavy atom. The number of amides is 1. The summed E-state index contributed by atoms with van der Waals surface area (Å²) in [5, 5.41) is 7.11. The molecule has 0 radical (unpaired) electrons. The normalized spacial score (nSPS) is 12.7. The number of anilines is 2. The van der Waals surface area contributed by atoms with Crippen molar-refractivity contribution in [3.05, 3.63) is 72.6 Å². The molecule has 0 saturated carbocycles. The zero-order chi connectivity index (χ0) is 18.5. The Bertz CT molecular complexity index is 908. The van der Waals surface area contributed by atoms with Crippen molar-refractivity contribution in [3.8, 4) is 5.75 Å². The van der Waals surface area contributed by atoms with Crippen LogP contribution in [0.5, 0.6) is 5.75 Å². The molecule has 0 spiro atoms. The number of carbonyl (C=O) groups is 1. The molecule has 1 aliphatic heterocycles. The van der Waals surface area contributed by atoms with Gasteiger partial charge in [0.2, 0.25) is 5.91 Å². The van der Waals surface area contributed by atoms with E-state index in [4.69, 9.17) is 4.74 Å². The number of benzene rings is 2. The monoisotopic (exact) mass is 362 g/mol. The van der Waals surface area contributed by atoms with Crippen molar-refractivity contribution in [2.45, 2.75) is 13.0 Å². The summed E-state index contributed by atoms with van der Waals surface area (Å²) >= 11 is 0. The molecule has 6 nitrogen and oxygen atoms in total. The van der Waals surface area contributed by atoms with Crippen LogP contribution in [0.15, 0.2) is 67.0 Å². The average molecular weight is 362 g/mol. The molecule has 0 saturated heterocycles. The molecule has 1 aromatic heterocycles. The molecule has 2 heterocycles. The minimum atomic E-state index is -0.0274. The highest BCUT2D eigenvalue weighted by Gasteiger charge is 2.20. The topological polar surface area (TPSA) is 59.4 Å². The standard InChI is InChI=1S/C21H22N4O2/c26-21(16-24-12-9-17-5-1-2-8-20(17)24)23-18-6-3-7-19(15-18)27-14-13-25-11-4-10-22-25/h1-8,10-11,15H,9,12-14,16H2,(H,23,26). The number of nitrogens with one attached hydrogen (secondary N) is 1. The largest absolute Gasteiger partial charge is 0.492 e. The quantitative estimate of drug-likeness (QED) is 0.702. The Morgan fingerprint density at radius 3 is 2.96 bits per heavy atom. The fourth-order valence-electron chi connectivity index (χ4n) is 3.30. The lowest BCUT2D eigenvalue weighted by atomic mass is 10.2. The van der Waals surface area contributed by atoms with Gasteiger partial charge in [0.05, 0.1) is 13.1 Å². The van der Waals surface area contributed by atoms with E-state index in [1.807, 2.05) is 53.3 Å². The minimum Gasteiger partial charge on any atom is -0.492 e. The third-order valence-electron chi connectivity index (χ3n) is 4.58. The lowest BCUT2D eigenvalue weighted by Gasteiger charge is -2.19. The van der Waals surface area contributed by atoms with Crippen molar-refractivity contribution in [1.82, 2.24) is 9.78 Å². The number of rotatable bonds is 7. The van der Waals surface area contributed by atoms with Crippen LogP contribution in [0.25, 0.3) is 0 Å². The molecule has 1 N–H and O–H groups in total. The van der Waals surface area contributed by atoms with Gasteiger partial charge in [-0.05, 0) is 36.2 Å². The number of ether oxygens (including phenoxy) is 1. The number of hydrogen-bond acceptors (Lipinski definition) is 4. The second kappa shape index (κ2) is 7.95. The Hall–Kier alpha value is -3.28. The van der Waals surface area contributed by atoms with E-state index in [1.54, 1.807) is 6.20 Å². The van der Waals surface area contributed by atoms with Crippen LogP contribution >= 0.6 is 0 Å². The van der Waals surface area contributed by atoms with Gasteiger partial charge < -0.3 is 15.0 Å². The summed E-state index contributed by atoms with van der Waals surface area (Å²) in [6.45, 7) is 2.42. The molecule has 0 unspecified atom stereocenters. The SMILES string of the molecule is O=C(CN1CCc2ccccc21)Nc1cccc(OCCn2cccn2)c1. The van der Waals surface area contributed by atoms with E-state index in [0.29, 0.717) is 19.7 Å². The van der Waals surface area contributed by atoms with Crippen molar-refractivity contribution in [3.63, 3.8) is 0 Å². The summed E-state index contributed by atoms with van der Waals surface area (Å²) < 4.78 is 7.58. The molecule has 2 aromatic carbocycles.